The number of alkyl halides is 6. The molecule has 248 valence electrons. The molecular weight excluding hydrogens is 683 g/mol. The van der Waals surface area contributed by atoms with Crippen LogP contribution in [0.25, 0.3) is 34.2 Å². The van der Waals surface area contributed by atoms with Crippen molar-refractivity contribution in [1.29, 1.82) is 0 Å². The maximum absolute atomic E-state index is 12.9. The Balaban J connectivity index is 0.000000188. The molecule has 0 bridgehead atoms. The van der Waals surface area contributed by atoms with Crippen molar-refractivity contribution in [3.05, 3.63) is 109 Å². The minimum absolute atomic E-state index is 0.132. The van der Waals surface area contributed by atoms with Crippen LogP contribution in [-0.2, 0) is 22.2 Å². The first kappa shape index (κ1) is 34.2. The van der Waals surface area contributed by atoms with Gasteiger partial charge in [0, 0.05) is 41.9 Å². The molecule has 0 spiro atoms. The molecule has 0 N–H and O–H groups in total. The summed E-state index contributed by atoms with van der Waals surface area (Å²) >= 11 is 1.38. The second-order valence-electron chi connectivity index (χ2n) is 9.78. The first-order chi connectivity index (χ1) is 22.6. The summed E-state index contributed by atoms with van der Waals surface area (Å²) in [5.41, 5.74) is 0.0621. The fourth-order valence-electron chi connectivity index (χ4n) is 4.30. The van der Waals surface area contributed by atoms with E-state index in [2.05, 4.69) is 30.1 Å². The van der Waals surface area contributed by atoms with Gasteiger partial charge in [0.2, 0.25) is 15.0 Å². The summed E-state index contributed by atoms with van der Waals surface area (Å²) < 4.78 is 103. The molecule has 0 saturated carbocycles. The molecule has 0 unspecified atom stereocenters. The molecule has 0 amide bonds. The molecule has 0 radical (unpaired) electrons. The standard InChI is InChI=1S/C15H11F3N4O2S.C15H11F3N4S/c1-25(23,24)14-19-7-6-13(21-14)22-12(5-8-20-22)10-3-2-4-11(9-10)15(16,17)18;1-23-14-19-7-6-13(21-14)22-12(5-8-20-22)10-3-2-4-11(9-10)15(16,17)18/h2-9H,1H3;2-9H,1H3. The highest BCUT2D eigenvalue weighted by molar-refractivity contribution is 7.98. The van der Waals surface area contributed by atoms with Crippen molar-refractivity contribution >= 4 is 21.6 Å². The molecule has 0 saturated heterocycles. The smallest absolute Gasteiger partial charge is 0.231 e. The Hall–Kier alpha value is -5.10. The van der Waals surface area contributed by atoms with E-state index in [1.807, 2.05) is 6.26 Å². The number of benzene rings is 2. The van der Waals surface area contributed by atoms with Crippen LogP contribution in [0.2, 0.25) is 0 Å². The average Bonchev–Trinajstić information content (AvgIpc) is 3.75. The van der Waals surface area contributed by atoms with Crippen molar-refractivity contribution < 1.29 is 34.8 Å². The van der Waals surface area contributed by atoms with Gasteiger partial charge >= 0.3 is 12.4 Å². The monoisotopic (exact) mass is 704 g/mol. The lowest BCUT2D eigenvalue weighted by atomic mass is 10.1. The lowest BCUT2D eigenvalue weighted by Crippen LogP contribution is -2.09. The Labute approximate surface area is 273 Å². The van der Waals surface area contributed by atoms with Crippen molar-refractivity contribution in [1.82, 2.24) is 39.5 Å². The van der Waals surface area contributed by atoms with Gasteiger partial charge in [0.1, 0.15) is 0 Å². The molecule has 10 nitrogen and oxygen atoms in total. The Kier molecular flexibility index (Phi) is 9.67. The van der Waals surface area contributed by atoms with Crippen molar-refractivity contribution in [2.75, 3.05) is 12.5 Å². The van der Waals surface area contributed by atoms with E-state index in [0.717, 1.165) is 30.5 Å². The van der Waals surface area contributed by atoms with Crippen LogP contribution in [0.4, 0.5) is 26.3 Å². The minimum Gasteiger partial charge on any atom is -0.231 e. The molecular formula is C30H22F6N8O2S2. The average molecular weight is 705 g/mol. The number of sulfone groups is 1. The van der Waals surface area contributed by atoms with Gasteiger partial charge in [0.15, 0.2) is 16.8 Å². The number of hydrogen-bond donors (Lipinski definition) is 0. The van der Waals surface area contributed by atoms with Gasteiger partial charge in [-0.15, -0.1) is 0 Å². The summed E-state index contributed by atoms with van der Waals surface area (Å²) in [4.78, 5) is 16.0. The number of thioether (sulfide) groups is 1. The highest BCUT2D eigenvalue weighted by atomic mass is 32.2. The number of aromatic nitrogens is 8. The van der Waals surface area contributed by atoms with Crippen molar-refractivity contribution in [2.24, 2.45) is 0 Å². The molecule has 0 aliphatic rings. The molecule has 0 fully saturated rings. The van der Waals surface area contributed by atoms with Crippen LogP contribution in [0.1, 0.15) is 11.1 Å². The first-order valence-electron chi connectivity index (χ1n) is 13.5. The van der Waals surface area contributed by atoms with Crippen molar-refractivity contribution in [3.63, 3.8) is 0 Å². The molecule has 18 heteroatoms. The second-order valence-corrected chi connectivity index (χ2v) is 12.5. The normalized spacial score (nSPS) is 12.0. The predicted octanol–water partition coefficient (Wildman–Crippen LogP) is 6.82. The van der Waals surface area contributed by atoms with Crippen LogP contribution in [-0.4, -0.2) is 60.4 Å². The maximum atomic E-state index is 12.9. The fraction of sp³-hybridized carbons (Fsp3) is 0.133. The molecule has 48 heavy (non-hydrogen) atoms. The van der Waals surface area contributed by atoms with E-state index in [1.54, 1.807) is 24.4 Å². The SMILES string of the molecule is CS(=O)(=O)c1nccc(-n2nccc2-c2cccc(C(F)(F)F)c2)n1.CSc1nccc(-n2nccc2-c2cccc(C(F)(F)F)c2)n1. The molecule has 0 atom stereocenters. The van der Waals surface area contributed by atoms with Crippen molar-refractivity contribution in [2.45, 2.75) is 22.7 Å². The highest BCUT2D eigenvalue weighted by Gasteiger charge is 2.31. The highest BCUT2D eigenvalue weighted by Crippen LogP contribution is 2.34. The summed E-state index contributed by atoms with van der Waals surface area (Å²) in [5, 5.41) is 8.36. The van der Waals surface area contributed by atoms with Gasteiger partial charge < -0.3 is 0 Å². The van der Waals surface area contributed by atoms with Crippen LogP contribution >= 0.6 is 11.8 Å². The van der Waals surface area contributed by atoms with E-state index in [1.165, 1.54) is 70.0 Å². The van der Waals surface area contributed by atoms with E-state index in [-0.39, 0.29) is 11.4 Å². The third-order valence-corrected chi connectivity index (χ3v) is 7.86. The maximum Gasteiger partial charge on any atom is 0.416 e. The zero-order chi connectivity index (χ0) is 34.7. The van der Waals surface area contributed by atoms with E-state index in [4.69, 9.17) is 0 Å². The van der Waals surface area contributed by atoms with Crippen LogP contribution in [0.3, 0.4) is 0 Å². The molecule has 0 aliphatic heterocycles. The lowest BCUT2D eigenvalue weighted by molar-refractivity contribution is -0.138. The van der Waals surface area contributed by atoms with E-state index >= 15 is 0 Å². The van der Waals surface area contributed by atoms with Crippen molar-refractivity contribution in [3.8, 4) is 34.2 Å². The van der Waals surface area contributed by atoms with Crippen LogP contribution in [0, 0.1) is 0 Å². The second kappa shape index (κ2) is 13.6. The van der Waals surface area contributed by atoms with Gasteiger partial charge in [-0.2, -0.15) is 41.5 Å². The Morgan fingerprint density at radius 2 is 1.12 bits per heavy atom. The largest absolute Gasteiger partial charge is 0.416 e. The van der Waals surface area contributed by atoms with Crippen LogP contribution in [0.5, 0.6) is 0 Å². The van der Waals surface area contributed by atoms with E-state index < -0.39 is 38.5 Å². The van der Waals surface area contributed by atoms with Gasteiger partial charge in [0.25, 0.3) is 0 Å². The minimum atomic E-state index is -4.47. The van der Waals surface area contributed by atoms with E-state index in [0.29, 0.717) is 27.9 Å². The zero-order valence-electron chi connectivity index (χ0n) is 24.7. The Bertz CT molecular complexity index is 2160. The molecule has 0 aliphatic carbocycles. The Morgan fingerprint density at radius 1 is 0.646 bits per heavy atom. The molecule has 2 aromatic carbocycles. The van der Waals surface area contributed by atoms with Gasteiger partial charge in [-0.05, 0) is 42.7 Å². The number of rotatable bonds is 6. The number of nitrogens with zero attached hydrogens (tertiary/aromatic N) is 8. The number of hydrogen-bond acceptors (Lipinski definition) is 9. The third kappa shape index (κ3) is 7.88. The fourth-order valence-corrected chi connectivity index (χ4v) is 5.16. The van der Waals surface area contributed by atoms with Gasteiger partial charge in [-0.3, -0.25) is 0 Å². The van der Waals surface area contributed by atoms with Gasteiger partial charge in [-0.25, -0.2) is 32.7 Å². The van der Waals surface area contributed by atoms with Crippen LogP contribution < -0.4 is 0 Å². The topological polar surface area (TPSA) is 121 Å². The van der Waals surface area contributed by atoms with Gasteiger partial charge in [-0.1, -0.05) is 36.0 Å². The molecule has 4 aromatic heterocycles. The molecule has 6 rings (SSSR count). The number of halogens is 6. The van der Waals surface area contributed by atoms with Crippen LogP contribution in [0.15, 0.2) is 108 Å². The molecule has 4 heterocycles. The van der Waals surface area contributed by atoms with Gasteiger partial charge in [0.05, 0.1) is 34.9 Å². The zero-order valence-corrected chi connectivity index (χ0v) is 26.3. The quantitative estimate of drug-likeness (QED) is 0.104. The Morgan fingerprint density at radius 3 is 1.58 bits per heavy atom. The summed E-state index contributed by atoms with van der Waals surface area (Å²) in [5.74, 6) is 0.634. The summed E-state index contributed by atoms with van der Waals surface area (Å²) in [6.45, 7) is 0. The third-order valence-electron chi connectivity index (χ3n) is 6.44. The first-order valence-corrected chi connectivity index (χ1v) is 16.6. The summed E-state index contributed by atoms with van der Waals surface area (Å²) in [7, 11) is -3.63. The summed E-state index contributed by atoms with van der Waals surface area (Å²) in [6, 6.07) is 16.1. The van der Waals surface area contributed by atoms with E-state index in [9.17, 15) is 34.8 Å². The lowest BCUT2D eigenvalue weighted by Gasteiger charge is -2.10. The predicted molar refractivity (Wildman–Crippen MR) is 164 cm³/mol. The summed E-state index contributed by atoms with van der Waals surface area (Å²) in [6.07, 6.45) is -0.309. The molecule has 6 aromatic rings.